The minimum Gasteiger partial charge on any atom is -0.211 e. The molecular weight excluding hydrogens is 168 g/mol. The molecule has 0 saturated carbocycles. The van der Waals surface area contributed by atoms with Crippen molar-refractivity contribution in [1.29, 1.82) is 0 Å². The summed E-state index contributed by atoms with van der Waals surface area (Å²) >= 11 is 5.40. The van der Waals surface area contributed by atoms with Crippen LogP contribution >= 0.6 is 11.6 Å². The first kappa shape index (κ1) is 9.79. The summed E-state index contributed by atoms with van der Waals surface area (Å²) in [5.41, 5.74) is -0.727. The fraction of sp³-hybridized carbons (Fsp3) is 0.333. The van der Waals surface area contributed by atoms with E-state index in [1.165, 1.54) is 24.3 Å². The lowest BCUT2D eigenvalue weighted by atomic mass is 10.5. The number of rotatable bonds is 4. The second-order valence-electron chi connectivity index (χ2n) is 1.45. The predicted molar refractivity (Wildman–Crippen MR) is 39.9 cm³/mol. The molecule has 0 bridgehead atoms. The number of hydrogen-bond donors (Lipinski definition) is 0. The Balaban J connectivity index is 3.72. The van der Waals surface area contributed by atoms with Crippen molar-refractivity contribution in [3.63, 3.8) is 0 Å². The number of nitrogens with zero attached hydrogens (tertiary/aromatic N) is 2. The van der Waals surface area contributed by atoms with E-state index in [-0.39, 0.29) is 6.54 Å². The average molecular weight is 173 g/mol. The SMILES string of the molecule is O=C=NCC=CC(Cl)N=C=O. The summed E-state index contributed by atoms with van der Waals surface area (Å²) in [5.74, 6) is 0. The van der Waals surface area contributed by atoms with Crippen LogP contribution in [0, 0.1) is 0 Å². The fourth-order valence-electron chi connectivity index (χ4n) is 0.357. The van der Waals surface area contributed by atoms with E-state index in [2.05, 4.69) is 9.98 Å². The van der Waals surface area contributed by atoms with Crippen molar-refractivity contribution in [1.82, 2.24) is 0 Å². The third-order valence-electron chi connectivity index (χ3n) is 0.732. The van der Waals surface area contributed by atoms with E-state index in [1.807, 2.05) is 0 Å². The molecule has 0 N–H and O–H groups in total. The van der Waals surface area contributed by atoms with Crippen LogP contribution in [0.15, 0.2) is 22.1 Å². The molecule has 0 aromatic rings. The van der Waals surface area contributed by atoms with Gasteiger partial charge in [-0.2, -0.15) is 4.99 Å². The normalized spacial score (nSPS) is 11.7. The Morgan fingerprint density at radius 3 is 2.73 bits per heavy atom. The molecule has 4 nitrogen and oxygen atoms in total. The standard InChI is InChI=1S/C6H5ClN2O2/c7-6(9-5-11)2-1-3-8-4-10/h1-2,6H,3H2. The van der Waals surface area contributed by atoms with Crippen molar-refractivity contribution >= 4 is 23.8 Å². The van der Waals surface area contributed by atoms with E-state index in [9.17, 15) is 9.59 Å². The van der Waals surface area contributed by atoms with Gasteiger partial charge in [-0.05, 0) is 6.08 Å². The van der Waals surface area contributed by atoms with Gasteiger partial charge in [-0.1, -0.05) is 17.7 Å². The van der Waals surface area contributed by atoms with Crippen LogP contribution in [0.5, 0.6) is 0 Å². The van der Waals surface area contributed by atoms with Crippen molar-refractivity contribution in [2.24, 2.45) is 9.98 Å². The predicted octanol–water partition coefficient (Wildman–Crippen LogP) is 0.779. The van der Waals surface area contributed by atoms with Gasteiger partial charge in [0.15, 0.2) is 5.50 Å². The van der Waals surface area contributed by atoms with Crippen LogP contribution in [0.2, 0.25) is 0 Å². The molecule has 0 saturated heterocycles. The lowest BCUT2D eigenvalue weighted by Gasteiger charge is -1.87. The molecule has 0 amide bonds. The molecule has 58 valence electrons. The summed E-state index contributed by atoms with van der Waals surface area (Å²) in [6.45, 7) is 0.196. The lowest BCUT2D eigenvalue weighted by molar-refractivity contribution is 0.562. The van der Waals surface area contributed by atoms with Gasteiger partial charge in [0.25, 0.3) is 0 Å². The Kier molecular flexibility index (Phi) is 6.14. The summed E-state index contributed by atoms with van der Waals surface area (Å²) in [7, 11) is 0. The Labute approximate surface area is 68.3 Å². The quantitative estimate of drug-likeness (QED) is 0.207. The second kappa shape index (κ2) is 6.90. The van der Waals surface area contributed by atoms with Crippen LogP contribution in [-0.4, -0.2) is 24.2 Å². The van der Waals surface area contributed by atoms with Gasteiger partial charge in [0, 0.05) is 0 Å². The average Bonchev–Trinajstić information content (AvgIpc) is 1.99. The molecule has 0 rings (SSSR count). The van der Waals surface area contributed by atoms with Gasteiger partial charge >= 0.3 is 0 Å². The Morgan fingerprint density at radius 2 is 2.18 bits per heavy atom. The number of hydrogen-bond acceptors (Lipinski definition) is 4. The first-order chi connectivity index (χ1) is 5.31. The lowest BCUT2D eigenvalue weighted by Crippen LogP contribution is -1.85. The molecule has 0 spiro atoms. The number of carbonyl (C=O) groups excluding carboxylic acids is 2. The van der Waals surface area contributed by atoms with E-state index in [1.54, 1.807) is 0 Å². The highest BCUT2D eigenvalue weighted by Crippen LogP contribution is 1.97. The van der Waals surface area contributed by atoms with Crippen LogP contribution in [0.1, 0.15) is 0 Å². The maximum Gasteiger partial charge on any atom is 0.236 e. The van der Waals surface area contributed by atoms with Crippen molar-refractivity contribution in [2.75, 3.05) is 6.54 Å². The fourth-order valence-corrected chi connectivity index (χ4v) is 0.499. The zero-order chi connectivity index (χ0) is 8.53. The highest BCUT2D eigenvalue weighted by Gasteiger charge is 1.90. The first-order valence-corrected chi connectivity index (χ1v) is 3.16. The Bertz CT molecular complexity index is 227. The zero-order valence-corrected chi connectivity index (χ0v) is 6.28. The Morgan fingerprint density at radius 1 is 1.45 bits per heavy atom. The molecule has 1 atom stereocenters. The van der Waals surface area contributed by atoms with Gasteiger partial charge < -0.3 is 0 Å². The molecule has 0 heterocycles. The number of alkyl halides is 1. The summed E-state index contributed by atoms with van der Waals surface area (Å²) in [6, 6.07) is 0. The highest BCUT2D eigenvalue weighted by molar-refractivity contribution is 6.21. The Hall–Kier alpha value is -1.21. The van der Waals surface area contributed by atoms with Crippen molar-refractivity contribution < 1.29 is 9.59 Å². The molecular formula is C6H5ClN2O2. The maximum atomic E-state index is 9.61. The van der Waals surface area contributed by atoms with Crippen LogP contribution in [0.4, 0.5) is 0 Å². The van der Waals surface area contributed by atoms with E-state index in [4.69, 9.17) is 11.6 Å². The zero-order valence-electron chi connectivity index (χ0n) is 5.53. The van der Waals surface area contributed by atoms with Crippen LogP contribution in [-0.2, 0) is 9.59 Å². The third-order valence-corrected chi connectivity index (χ3v) is 0.975. The van der Waals surface area contributed by atoms with Gasteiger partial charge in [0.2, 0.25) is 12.2 Å². The van der Waals surface area contributed by atoms with Gasteiger partial charge in [-0.15, -0.1) is 0 Å². The summed E-state index contributed by atoms with van der Waals surface area (Å²) < 4.78 is 0. The minimum atomic E-state index is -0.727. The van der Waals surface area contributed by atoms with Crippen LogP contribution in [0.3, 0.4) is 0 Å². The molecule has 0 radical (unpaired) electrons. The molecule has 0 aromatic heterocycles. The molecule has 1 unspecified atom stereocenters. The maximum absolute atomic E-state index is 9.61. The van der Waals surface area contributed by atoms with Crippen molar-refractivity contribution in [3.05, 3.63) is 12.2 Å². The van der Waals surface area contributed by atoms with E-state index in [0.717, 1.165) is 0 Å². The van der Waals surface area contributed by atoms with Gasteiger partial charge in [-0.25, -0.2) is 14.6 Å². The molecule has 0 aliphatic rings. The van der Waals surface area contributed by atoms with Crippen molar-refractivity contribution in [2.45, 2.75) is 5.50 Å². The molecule has 0 fully saturated rings. The largest absolute Gasteiger partial charge is 0.236 e. The summed E-state index contributed by atoms with van der Waals surface area (Å²) in [6.07, 6.45) is 5.57. The molecule has 0 aliphatic carbocycles. The van der Waals surface area contributed by atoms with Crippen LogP contribution in [0.25, 0.3) is 0 Å². The number of aliphatic imine (C=N–C) groups is 2. The highest BCUT2D eigenvalue weighted by atomic mass is 35.5. The second-order valence-corrected chi connectivity index (χ2v) is 1.90. The smallest absolute Gasteiger partial charge is 0.211 e. The monoisotopic (exact) mass is 172 g/mol. The molecule has 0 aliphatic heterocycles. The van der Waals surface area contributed by atoms with Gasteiger partial charge in [0.1, 0.15) is 0 Å². The molecule has 0 aromatic carbocycles. The third kappa shape index (κ3) is 6.68. The van der Waals surface area contributed by atoms with E-state index in [0.29, 0.717) is 0 Å². The summed E-state index contributed by atoms with van der Waals surface area (Å²) in [5, 5.41) is 0. The topological polar surface area (TPSA) is 58.9 Å². The van der Waals surface area contributed by atoms with E-state index < -0.39 is 5.50 Å². The van der Waals surface area contributed by atoms with Gasteiger partial charge in [-0.3, -0.25) is 0 Å². The van der Waals surface area contributed by atoms with Gasteiger partial charge in [0.05, 0.1) is 6.54 Å². The molecule has 5 heteroatoms. The first-order valence-electron chi connectivity index (χ1n) is 2.72. The summed E-state index contributed by atoms with van der Waals surface area (Å²) in [4.78, 5) is 25.5. The molecule has 11 heavy (non-hydrogen) atoms. The number of isocyanates is 2. The number of halogens is 1. The van der Waals surface area contributed by atoms with E-state index >= 15 is 0 Å². The minimum absolute atomic E-state index is 0.196. The van der Waals surface area contributed by atoms with Crippen LogP contribution < -0.4 is 0 Å². The van der Waals surface area contributed by atoms with Crippen molar-refractivity contribution in [3.8, 4) is 0 Å².